The lowest BCUT2D eigenvalue weighted by Crippen LogP contribution is -2.26. The number of hydrogen-bond acceptors (Lipinski definition) is 5. The van der Waals surface area contributed by atoms with Crippen molar-refractivity contribution < 1.29 is 9.47 Å². The molecule has 0 radical (unpaired) electrons. The van der Waals surface area contributed by atoms with E-state index in [1.54, 1.807) is 25.6 Å². The summed E-state index contributed by atoms with van der Waals surface area (Å²) >= 11 is 1.72. The van der Waals surface area contributed by atoms with Gasteiger partial charge in [0.05, 0.1) is 19.6 Å². The number of ether oxygens (including phenoxy) is 2. The minimum Gasteiger partial charge on any atom is -0.493 e. The summed E-state index contributed by atoms with van der Waals surface area (Å²) in [7, 11) is 3.27. The molecule has 6 heteroatoms. The van der Waals surface area contributed by atoms with Crippen LogP contribution in [0, 0.1) is 0 Å². The zero-order valence-corrected chi connectivity index (χ0v) is 17.5. The highest BCUT2D eigenvalue weighted by Crippen LogP contribution is 2.34. The highest BCUT2D eigenvalue weighted by molar-refractivity contribution is 7.18. The minimum atomic E-state index is 0.127. The summed E-state index contributed by atoms with van der Waals surface area (Å²) < 4.78 is 12.6. The summed E-state index contributed by atoms with van der Waals surface area (Å²) in [5.41, 5.74) is 2.49. The molecule has 0 saturated heterocycles. The van der Waals surface area contributed by atoms with Crippen molar-refractivity contribution in [1.29, 1.82) is 0 Å². The third-order valence-corrected chi connectivity index (χ3v) is 6.73. The lowest BCUT2D eigenvalue weighted by atomic mass is 9.97. The fourth-order valence-electron chi connectivity index (χ4n) is 4.06. The van der Waals surface area contributed by atoms with Crippen LogP contribution >= 0.6 is 11.3 Å². The third-order valence-electron chi connectivity index (χ3n) is 5.54. The van der Waals surface area contributed by atoms with Gasteiger partial charge in [-0.25, -0.2) is 4.98 Å². The van der Waals surface area contributed by atoms with Crippen molar-refractivity contribution in [2.24, 2.45) is 0 Å². The Morgan fingerprint density at radius 2 is 1.93 bits per heavy atom. The fourth-order valence-corrected chi connectivity index (χ4v) is 5.33. The van der Waals surface area contributed by atoms with E-state index in [1.807, 2.05) is 22.8 Å². The monoisotopic (exact) mass is 398 g/mol. The summed E-state index contributed by atoms with van der Waals surface area (Å²) in [5, 5.41) is 0.865. The smallest absolute Gasteiger partial charge is 0.262 e. The summed E-state index contributed by atoms with van der Waals surface area (Å²) in [6.07, 6.45) is 5.97. The van der Waals surface area contributed by atoms with Crippen LogP contribution in [0.15, 0.2) is 23.0 Å². The SMILES string of the molecule is CCc1nc2sc3c(c2c(=O)n1CCc1ccc(OC)c(OC)c1)CCCC3. The van der Waals surface area contributed by atoms with Gasteiger partial charge in [0, 0.05) is 17.8 Å². The van der Waals surface area contributed by atoms with E-state index in [0.29, 0.717) is 18.0 Å². The molecule has 148 valence electrons. The van der Waals surface area contributed by atoms with Gasteiger partial charge in [-0.05, 0) is 55.4 Å². The van der Waals surface area contributed by atoms with Gasteiger partial charge in [-0.2, -0.15) is 0 Å². The summed E-state index contributed by atoms with van der Waals surface area (Å²) in [6, 6.07) is 5.92. The first-order valence-electron chi connectivity index (χ1n) is 9.91. The summed E-state index contributed by atoms with van der Waals surface area (Å²) in [4.78, 5) is 20.5. The van der Waals surface area contributed by atoms with Crippen molar-refractivity contribution in [3.8, 4) is 11.5 Å². The van der Waals surface area contributed by atoms with E-state index in [1.165, 1.54) is 23.3 Å². The van der Waals surface area contributed by atoms with E-state index < -0.39 is 0 Å². The first-order valence-corrected chi connectivity index (χ1v) is 10.7. The molecule has 0 aliphatic heterocycles. The number of nitrogens with zero attached hydrogens (tertiary/aromatic N) is 2. The molecule has 1 aliphatic carbocycles. The van der Waals surface area contributed by atoms with Gasteiger partial charge >= 0.3 is 0 Å². The Hall–Kier alpha value is -2.34. The van der Waals surface area contributed by atoms with Gasteiger partial charge in [-0.3, -0.25) is 9.36 Å². The van der Waals surface area contributed by atoms with Gasteiger partial charge < -0.3 is 9.47 Å². The first kappa shape index (κ1) is 19.0. The minimum absolute atomic E-state index is 0.127. The van der Waals surface area contributed by atoms with E-state index in [0.717, 1.165) is 47.3 Å². The molecule has 0 spiro atoms. The normalized spacial score (nSPS) is 13.5. The Kier molecular flexibility index (Phi) is 5.40. The maximum Gasteiger partial charge on any atom is 0.262 e. The molecule has 1 aromatic carbocycles. The third kappa shape index (κ3) is 3.30. The highest BCUT2D eigenvalue weighted by atomic mass is 32.1. The molecule has 0 unspecified atom stereocenters. The van der Waals surface area contributed by atoms with Crippen LogP contribution < -0.4 is 15.0 Å². The lowest BCUT2D eigenvalue weighted by molar-refractivity contribution is 0.354. The van der Waals surface area contributed by atoms with Gasteiger partial charge in [0.1, 0.15) is 10.7 Å². The van der Waals surface area contributed by atoms with Crippen molar-refractivity contribution in [3.05, 3.63) is 50.4 Å². The van der Waals surface area contributed by atoms with Crippen LogP contribution in [0.25, 0.3) is 10.2 Å². The average molecular weight is 399 g/mol. The molecular formula is C22H26N2O3S. The van der Waals surface area contributed by atoms with Crippen molar-refractivity contribution >= 4 is 21.6 Å². The number of aryl methyl sites for hydroxylation is 4. The summed E-state index contributed by atoms with van der Waals surface area (Å²) in [6.45, 7) is 2.68. The van der Waals surface area contributed by atoms with E-state index in [2.05, 4.69) is 6.92 Å². The molecule has 5 nitrogen and oxygen atoms in total. The highest BCUT2D eigenvalue weighted by Gasteiger charge is 2.21. The second kappa shape index (κ2) is 7.95. The number of rotatable bonds is 6. The standard InChI is InChI=1S/C22H26N2O3S/c1-4-19-23-21-20(15-7-5-6-8-18(15)28-21)22(25)24(19)12-11-14-9-10-16(26-2)17(13-14)27-3/h9-10,13H,4-8,11-12H2,1-3H3. The molecule has 4 rings (SSSR count). The van der Waals surface area contributed by atoms with Crippen LogP contribution in [0.5, 0.6) is 11.5 Å². The maximum absolute atomic E-state index is 13.4. The molecule has 2 aromatic heterocycles. The lowest BCUT2D eigenvalue weighted by Gasteiger charge is -2.14. The molecule has 0 bridgehead atoms. The van der Waals surface area contributed by atoms with E-state index in [-0.39, 0.29) is 5.56 Å². The Bertz CT molecular complexity index is 1070. The molecule has 0 saturated carbocycles. The van der Waals surface area contributed by atoms with Gasteiger partial charge in [0.15, 0.2) is 11.5 Å². The van der Waals surface area contributed by atoms with Crippen molar-refractivity contribution in [1.82, 2.24) is 9.55 Å². The van der Waals surface area contributed by atoms with Crippen LogP contribution in [0.4, 0.5) is 0 Å². The van der Waals surface area contributed by atoms with Crippen molar-refractivity contribution in [3.63, 3.8) is 0 Å². The molecule has 0 atom stereocenters. The second-order valence-electron chi connectivity index (χ2n) is 7.17. The number of methoxy groups -OCH3 is 2. The topological polar surface area (TPSA) is 53.4 Å². The number of thiophene rings is 1. The zero-order valence-electron chi connectivity index (χ0n) is 16.7. The summed E-state index contributed by atoms with van der Waals surface area (Å²) in [5.74, 6) is 2.30. The maximum atomic E-state index is 13.4. The van der Waals surface area contributed by atoms with Crippen LogP contribution in [0.3, 0.4) is 0 Å². The molecule has 0 amide bonds. The van der Waals surface area contributed by atoms with E-state index in [4.69, 9.17) is 14.5 Å². The quantitative estimate of drug-likeness (QED) is 0.626. The number of fused-ring (bicyclic) bond motifs is 3. The molecule has 0 fully saturated rings. The first-order chi connectivity index (χ1) is 13.7. The molecule has 1 aliphatic rings. The zero-order chi connectivity index (χ0) is 19.7. The Balaban J connectivity index is 1.70. The van der Waals surface area contributed by atoms with Crippen LogP contribution in [-0.4, -0.2) is 23.8 Å². The van der Waals surface area contributed by atoms with Gasteiger partial charge in [0.2, 0.25) is 0 Å². The predicted octanol–water partition coefficient (Wildman–Crippen LogP) is 4.16. The van der Waals surface area contributed by atoms with Gasteiger partial charge in [0.25, 0.3) is 5.56 Å². The largest absolute Gasteiger partial charge is 0.493 e. The van der Waals surface area contributed by atoms with Crippen molar-refractivity contribution in [2.45, 2.75) is 52.0 Å². The number of benzene rings is 1. The van der Waals surface area contributed by atoms with E-state index in [9.17, 15) is 4.79 Å². The Morgan fingerprint density at radius 1 is 1.14 bits per heavy atom. The average Bonchev–Trinajstić information content (AvgIpc) is 3.11. The Morgan fingerprint density at radius 3 is 2.68 bits per heavy atom. The predicted molar refractivity (Wildman–Crippen MR) is 113 cm³/mol. The molecular weight excluding hydrogens is 372 g/mol. The second-order valence-corrected chi connectivity index (χ2v) is 8.25. The van der Waals surface area contributed by atoms with Gasteiger partial charge in [-0.15, -0.1) is 11.3 Å². The molecule has 28 heavy (non-hydrogen) atoms. The molecule has 0 N–H and O–H groups in total. The molecule has 2 heterocycles. The number of hydrogen-bond donors (Lipinski definition) is 0. The van der Waals surface area contributed by atoms with Crippen LogP contribution in [0.2, 0.25) is 0 Å². The van der Waals surface area contributed by atoms with E-state index >= 15 is 0 Å². The van der Waals surface area contributed by atoms with Crippen LogP contribution in [0.1, 0.15) is 41.6 Å². The molecule has 3 aromatic rings. The fraction of sp³-hybridized carbons (Fsp3) is 0.455. The Labute approximate surface area is 168 Å². The van der Waals surface area contributed by atoms with Crippen molar-refractivity contribution in [2.75, 3.05) is 14.2 Å². The number of aromatic nitrogens is 2. The van der Waals surface area contributed by atoms with Gasteiger partial charge in [-0.1, -0.05) is 13.0 Å². The van der Waals surface area contributed by atoms with Crippen LogP contribution in [-0.2, 0) is 32.2 Å².